The van der Waals surface area contributed by atoms with E-state index in [1.807, 2.05) is 68.3 Å². The Morgan fingerprint density at radius 2 is 2.08 bits per heavy atom. The number of aromatic nitrogens is 1. The van der Waals surface area contributed by atoms with E-state index in [9.17, 15) is 14.1 Å². The minimum Gasteiger partial charge on any atom is -0.396 e. The van der Waals surface area contributed by atoms with Gasteiger partial charge in [-0.25, -0.2) is 13.5 Å². The average Bonchev–Trinajstić information content (AvgIpc) is 3.20. The van der Waals surface area contributed by atoms with Gasteiger partial charge >= 0.3 is 0 Å². The van der Waals surface area contributed by atoms with Gasteiger partial charge in [-0.2, -0.15) is 0 Å². The molecule has 1 amide bonds. The number of rotatable bonds is 9. The first-order valence-corrected chi connectivity index (χ1v) is 13.5. The Morgan fingerprint density at radius 3 is 2.73 bits per heavy atom. The number of amides is 1. The van der Waals surface area contributed by atoms with Crippen LogP contribution in [0.2, 0.25) is 0 Å². The van der Waals surface area contributed by atoms with Crippen LogP contribution in [0.3, 0.4) is 0 Å². The highest BCUT2D eigenvalue weighted by Gasteiger charge is 2.40. The number of ether oxygens (including phenoxy) is 1. The lowest BCUT2D eigenvalue weighted by atomic mass is 9.95. The summed E-state index contributed by atoms with van der Waals surface area (Å²) in [5, 5.41) is 12.8. The van der Waals surface area contributed by atoms with Crippen molar-refractivity contribution in [2.24, 2.45) is 0 Å². The van der Waals surface area contributed by atoms with E-state index in [1.165, 1.54) is 0 Å². The van der Waals surface area contributed by atoms with Crippen molar-refractivity contribution in [3.05, 3.63) is 52.7 Å². The van der Waals surface area contributed by atoms with E-state index in [-0.39, 0.29) is 18.6 Å². The van der Waals surface area contributed by atoms with Gasteiger partial charge in [0.25, 0.3) is 5.91 Å². The first-order valence-electron chi connectivity index (χ1n) is 12.4. The van der Waals surface area contributed by atoms with Crippen LogP contribution in [0.4, 0.5) is 0 Å². The number of hydrogen-bond acceptors (Lipinski definition) is 6. The normalized spacial score (nSPS) is 16.3. The summed E-state index contributed by atoms with van der Waals surface area (Å²) in [6.45, 7) is 7.56. The first-order chi connectivity index (χ1) is 17.6. The van der Waals surface area contributed by atoms with Crippen molar-refractivity contribution in [3.8, 4) is 23.1 Å². The Morgan fingerprint density at radius 1 is 1.32 bits per heavy atom. The molecule has 3 rings (SSSR count). The largest absolute Gasteiger partial charge is 0.396 e. The third kappa shape index (κ3) is 7.24. The second-order valence-corrected chi connectivity index (χ2v) is 12.5. The fraction of sp³-hybridized carbons (Fsp3) is 0.500. The second-order valence-electron chi connectivity index (χ2n) is 10.3. The van der Waals surface area contributed by atoms with E-state index in [4.69, 9.17) is 9.72 Å². The molecule has 0 spiro atoms. The molecule has 37 heavy (non-hydrogen) atoms. The summed E-state index contributed by atoms with van der Waals surface area (Å²) in [5.41, 5.74) is 4.40. The number of carbonyl (C=O) groups is 1. The fourth-order valence-electron chi connectivity index (χ4n) is 4.21. The molecule has 0 unspecified atom stereocenters. The van der Waals surface area contributed by atoms with Crippen molar-refractivity contribution in [3.63, 3.8) is 0 Å². The van der Waals surface area contributed by atoms with E-state index in [0.717, 1.165) is 22.3 Å². The average molecular weight is 527 g/mol. The lowest BCUT2D eigenvalue weighted by molar-refractivity contribution is 0.0932. The van der Waals surface area contributed by atoms with Crippen molar-refractivity contribution in [1.29, 1.82) is 0 Å². The first kappa shape index (κ1) is 29.0. The lowest BCUT2D eigenvalue weighted by Crippen LogP contribution is -2.36. The Hall–Kier alpha value is -2.61. The third-order valence-corrected chi connectivity index (χ3v) is 7.74. The fourth-order valence-corrected chi connectivity index (χ4v) is 5.61. The zero-order chi connectivity index (χ0) is 27.2. The molecule has 0 radical (unpaired) electrons. The topological polar surface area (TPSA) is 95.0 Å². The Labute approximate surface area is 223 Å². The van der Waals surface area contributed by atoms with Crippen LogP contribution in [-0.4, -0.2) is 81.7 Å². The van der Waals surface area contributed by atoms with Gasteiger partial charge in [-0.1, -0.05) is 24.0 Å². The van der Waals surface area contributed by atoms with Gasteiger partial charge in [0.2, 0.25) is 0 Å². The molecule has 1 aliphatic rings. The Balaban J connectivity index is 2.14. The number of aliphatic hydroxyl groups excluding tert-OH is 1. The van der Waals surface area contributed by atoms with Gasteiger partial charge in [0, 0.05) is 43.5 Å². The molecule has 2 heterocycles. The highest BCUT2D eigenvalue weighted by atomic mass is 32.2. The number of methoxy groups -OCH3 is 1. The van der Waals surface area contributed by atoms with Gasteiger partial charge in [0.1, 0.15) is 16.7 Å². The molecule has 1 aromatic carbocycles. The van der Waals surface area contributed by atoms with E-state index >= 15 is 0 Å². The SMILES string of the molecule is COCCNC(=O)c1cc2c(c(-c3cccc(C#CCN(C)C)c3)n1)[C@@H](CCO)N([S@](=O)C(C)(C)C)C2. The van der Waals surface area contributed by atoms with E-state index in [0.29, 0.717) is 44.0 Å². The standard InChI is InChI=1S/C28H38N4O4S/c1-28(2,3)37(35)32-19-22-18-23(27(34)29-13-16-36-6)30-26(25(22)24(32)12-15-33)21-11-7-9-20(17-21)10-8-14-31(4)5/h7,9,11,17-18,24,33H,12-16,19H2,1-6H3,(H,29,34)/t24-,37-/m1/s1. The molecule has 0 bridgehead atoms. The zero-order valence-corrected chi connectivity index (χ0v) is 23.4. The van der Waals surface area contributed by atoms with Crippen molar-refractivity contribution < 1.29 is 18.8 Å². The van der Waals surface area contributed by atoms with E-state index in [2.05, 4.69) is 17.2 Å². The van der Waals surface area contributed by atoms with Crippen LogP contribution < -0.4 is 5.32 Å². The highest BCUT2D eigenvalue weighted by molar-refractivity contribution is 7.84. The smallest absolute Gasteiger partial charge is 0.269 e. The molecular weight excluding hydrogens is 488 g/mol. The number of carbonyl (C=O) groups excluding carboxylic acids is 1. The van der Waals surface area contributed by atoms with Crippen LogP contribution in [0, 0.1) is 11.8 Å². The Kier molecular flexibility index (Phi) is 9.99. The van der Waals surface area contributed by atoms with Gasteiger partial charge in [-0.05, 0) is 65.0 Å². The predicted octanol–water partition coefficient (Wildman–Crippen LogP) is 2.74. The summed E-state index contributed by atoms with van der Waals surface area (Å²) in [6, 6.07) is 9.28. The molecule has 8 nitrogen and oxygen atoms in total. The van der Waals surface area contributed by atoms with E-state index in [1.54, 1.807) is 13.2 Å². The van der Waals surface area contributed by atoms with Crippen LogP contribution in [0.5, 0.6) is 0 Å². The van der Waals surface area contributed by atoms with Gasteiger partial charge in [-0.3, -0.25) is 9.69 Å². The number of aliphatic hydroxyl groups is 1. The number of hydrogen-bond donors (Lipinski definition) is 2. The summed E-state index contributed by atoms with van der Waals surface area (Å²) in [6.07, 6.45) is 0.408. The Bertz CT molecular complexity index is 1200. The van der Waals surface area contributed by atoms with Crippen LogP contribution in [0.25, 0.3) is 11.3 Å². The monoisotopic (exact) mass is 526 g/mol. The van der Waals surface area contributed by atoms with Crippen LogP contribution in [0.1, 0.15) is 60.4 Å². The van der Waals surface area contributed by atoms with Crippen LogP contribution in [0.15, 0.2) is 30.3 Å². The van der Waals surface area contributed by atoms with Crippen LogP contribution >= 0.6 is 0 Å². The molecule has 1 aromatic heterocycles. The van der Waals surface area contributed by atoms with Crippen molar-refractivity contribution in [1.82, 2.24) is 19.5 Å². The quantitative estimate of drug-likeness (QED) is 0.386. The molecule has 1 aliphatic heterocycles. The molecule has 2 aromatic rings. The second kappa shape index (κ2) is 12.8. The molecule has 0 saturated carbocycles. The van der Waals surface area contributed by atoms with E-state index < -0.39 is 15.7 Å². The van der Waals surface area contributed by atoms with Gasteiger partial charge < -0.3 is 15.2 Å². The molecule has 0 aliphatic carbocycles. The minimum absolute atomic E-state index is 0.0588. The molecule has 0 fully saturated rings. The van der Waals surface area contributed by atoms with Crippen molar-refractivity contribution >= 4 is 16.9 Å². The maximum Gasteiger partial charge on any atom is 0.269 e. The van der Waals surface area contributed by atoms with Crippen molar-refractivity contribution in [2.45, 2.75) is 44.5 Å². The summed E-state index contributed by atoms with van der Waals surface area (Å²) in [5.74, 6) is 6.06. The molecule has 0 saturated heterocycles. The zero-order valence-electron chi connectivity index (χ0n) is 22.6. The maximum absolute atomic E-state index is 13.5. The third-order valence-electron chi connectivity index (χ3n) is 5.88. The van der Waals surface area contributed by atoms with Gasteiger partial charge in [0.05, 0.1) is 29.6 Å². The lowest BCUT2D eigenvalue weighted by Gasteiger charge is -2.30. The molecular formula is C28H38N4O4S. The van der Waals surface area contributed by atoms with Crippen molar-refractivity contribution in [2.75, 3.05) is 47.5 Å². The summed E-state index contributed by atoms with van der Waals surface area (Å²) >= 11 is 0. The molecule has 200 valence electrons. The summed E-state index contributed by atoms with van der Waals surface area (Å²) < 4.78 is 20.0. The molecule has 9 heteroatoms. The minimum atomic E-state index is -1.32. The predicted molar refractivity (Wildman–Crippen MR) is 147 cm³/mol. The molecule has 2 N–H and O–H groups in total. The number of fused-ring (bicyclic) bond motifs is 1. The number of nitrogens with zero attached hydrogens (tertiary/aromatic N) is 3. The summed E-state index contributed by atoms with van der Waals surface area (Å²) in [4.78, 5) is 19.8. The number of benzene rings is 1. The van der Waals surface area contributed by atoms with Gasteiger partial charge in [-0.15, -0.1) is 0 Å². The highest BCUT2D eigenvalue weighted by Crippen LogP contribution is 2.44. The molecule has 2 atom stereocenters. The summed E-state index contributed by atoms with van der Waals surface area (Å²) in [7, 11) is 4.20. The number of nitrogens with one attached hydrogen (secondary N) is 1. The number of pyridine rings is 1. The van der Waals surface area contributed by atoms with Gasteiger partial charge in [0.15, 0.2) is 0 Å². The maximum atomic E-state index is 13.5. The van der Waals surface area contributed by atoms with Crippen LogP contribution in [-0.2, 0) is 22.3 Å².